The number of fused-ring (bicyclic) bond motifs is 1. The molecule has 0 heterocycles. The van der Waals surface area contributed by atoms with Gasteiger partial charge in [0.2, 0.25) is 0 Å². The summed E-state index contributed by atoms with van der Waals surface area (Å²) in [7, 11) is 0. The van der Waals surface area contributed by atoms with Crippen LogP contribution in [0, 0.1) is 5.92 Å². The molecule has 4 heteroatoms. The lowest BCUT2D eigenvalue weighted by molar-refractivity contribution is -0.141. The van der Waals surface area contributed by atoms with Gasteiger partial charge >= 0.3 is 5.97 Å². The largest absolute Gasteiger partial charge is 0.481 e. The monoisotopic (exact) mass is 285 g/mol. The summed E-state index contributed by atoms with van der Waals surface area (Å²) in [5.74, 6) is -1.17. The first-order valence-electron chi connectivity index (χ1n) is 7.46. The van der Waals surface area contributed by atoms with Gasteiger partial charge in [0.05, 0.1) is 5.92 Å². The number of nitrogens with one attached hydrogen (secondary N) is 1. The van der Waals surface area contributed by atoms with Crippen molar-refractivity contribution < 1.29 is 14.7 Å². The van der Waals surface area contributed by atoms with Gasteiger partial charge in [-0.3, -0.25) is 9.59 Å². The van der Waals surface area contributed by atoms with Crippen molar-refractivity contribution in [3.63, 3.8) is 0 Å². The molecule has 2 atom stereocenters. The van der Waals surface area contributed by atoms with Crippen molar-refractivity contribution in [2.45, 2.75) is 38.1 Å². The van der Waals surface area contributed by atoms with Crippen molar-refractivity contribution in [1.29, 1.82) is 0 Å². The molecule has 2 aliphatic carbocycles. The molecule has 0 radical (unpaired) electrons. The van der Waals surface area contributed by atoms with Gasteiger partial charge < -0.3 is 10.4 Å². The summed E-state index contributed by atoms with van der Waals surface area (Å²) in [6.07, 6.45) is 8.15. The van der Waals surface area contributed by atoms with Crippen molar-refractivity contribution in [2.75, 3.05) is 0 Å². The van der Waals surface area contributed by atoms with Crippen LogP contribution >= 0.6 is 0 Å². The summed E-state index contributed by atoms with van der Waals surface area (Å²) >= 11 is 0. The standard InChI is InChI=1S/C17H19NO3/c19-16(18-15-8-7-14(10-15)17(20)21)13-6-5-11-3-1-2-4-12(11)9-13/h1,3,5-6,9,14-15H,2,4,7-8,10H2,(H,18,19)(H,20,21)/t14-,15+/m1/s1. The zero-order valence-electron chi connectivity index (χ0n) is 11.8. The third-order valence-corrected chi connectivity index (χ3v) is 4.40. The third kappa shape index (κ3) is 2.99. The Kier molecular flexibility index (Phi) is 3.78. The Morgan fingerprint density at radius 1 is 1.24 bits per heavy atom. The van der Waals surface area contributed by atoms with Gasteiger partial charge in [0.1, 0.15) is 0 Å². The normalized spacial score (nSPS) is 23.6. The summed E-state index contributed by atoms with van der Waals surface area (Å²) in [4.78, 5) is 23.2. The molecule has 0 unspecified atom stereocenters. The van der Waals surface area contributed by atoms with Crippen LogP contribution in [0.3, 0.4) is 0 Å². The lowest BCUT2D eigenvalue weighted by atomic mass is 9.95. The maximum atomic E-state index is 12.3. The minimum Gasteiger partial charge on any atom is -0.481 e. The zero-order chi connectivity index (χ0) is 14.8. The molecule has 1 saturated carbocycles. The van der Waals surface area contributed by atoms with E-state index in [0.717, 1.165) is 19.3 Å². The van der Waals surface area contributed by atoms with Crippen molar-refractivity contribution in [3.8, 4) is 0 Å². The van der Waals surface area contributed by atoms with Crippen molar-refractivity contribution in [2.24, 2.45) is 5.92 Å². The van der Waals surface area contributed by atoms with Gasteiger partial charge in [-0.1, -0.05) is 18.2 Å². The SMILES string of the molecule is O=C(N[C@H]1CC[C@@H](C(=O)O)C1)c1ccc2c(c1)CCC=C2. The lowest BCUT2D eigenvalue weighted by Crippen LogP contribution is -2.33. The van der Waals surface area contributed by atoms with E-state index in [1.807, 2.05) is 18.2 Å². The average Bonchev–Trinajstić information content (AvgIpc) is 2.95. The number of hydrogen-bond acceptors (Lipinski definition) is 2. The topological polar surface area (TPSA) is 66.4 Å². The molecular formula is C17H19NO3. The highest BCUT2D eigenvalue weighted by atomic mass is 16.4. The molecule has 0 aliphatic heterocycles. The molecule has 1 aromatic rings. The lowest BCUT2D eigenvalue weighted by Gasteiger charge is -2.15. The number of amides is 1. The van der Waals surface area contributed by atoms with Gasteiger partial charge in [-0.25, -0.2) is 0 Å². The van der Waals surface area contributed by atoms with E-state index < -0.39 is 5.97 Å². The first-order chi connectivity index (χ1) is 10.1. The Hall–Kier alpha value is -2.10. The predicted octanol–water partition coefficient (Wildman–Crippen LogP) is 2.63. The van der Waals surface area contributed by atoms with Gasteiger partial charge in [0.25, 0.3) is 5.91 Å². The Balaban J connectivity index is 1.66. The van der Waals surface area contributed by atoms with Gasteiger partial charge in [-0.15, -0.1) is 0 Å². The number of hydrogen-bond donors (Lipinski definition) is 2. The summed E-state index contributed by atoms with van der Waals surface area (Å²) in [6.45, 7) is 0. The summed E-state index contributed by atoms with van der Waals surface area (Å²) in [5, 5.41) is 12.0. The molecule has 1 fully saturated rings. The highest BCUT2D eigenvalue weighted by molar-refractivity contribution is 5.95. The first kappa shape index (κ1) is 13.9. The van der Waals surface area contributed by atoms with Crippen LogP contribution < -0.4 is 5.32 Å². The van der Waals surface area contributed by atoms with Crippen LogP contribution in [0.1, 0.15) is 47.2 Å². The molecule has 0 saturated heterocycles. The molecule has 110 valence electrons. The maximum Gasteiger partial charge on any atom is 0.306 e. The van der Waals surface area contributed by atoms with Crippen molar-refractivity contribution >= 4 is 18.0 Å². The van der Waals surface area contributed by atoms with Crippen LogP contribution in [0.5, 0.6) is 0 Å². The molecule has 1 amide bonds. The van der Waals surface area contributed by atoms with Crippen LogP contribution in [-0.4, -0.2) is 23.0 Å². The molecule has 2 aliphatic rings. The van der Waals surface area contributed by atoms with E-state index in [1.165, 1.54) is 11.1 Å². The highest BCUT2D eigenvalue weighted by Gasteiger charge is 2.30. The maximum absolute atomic E-state index is 12.3. The predicted molar refractivity (Wildman–Crippen MR) is 80.0 cm³/mol. The number of benzene rings is 1. The smallest absolute Gasteiger partial charge is 0.306 e. The van der Waals surface area contributed by atoms with E-state index in [9.17, 15) is 9.59 Å². The number of carbonyl (C=O) groups is 2. The fourth-order valence-electron chi connectivity index (χ4n) is 3.18. The number of carboxylic acids is 1. The molecule has 0 spiro atoms. The molecule has 3 rings (SSSR count). The zero-order valence-corrected chi connectivity index (χ0v) is 11.8. The minimum absolute atomic E-state index is 0.0190. The molecule has 4 nitrogen and oxygen atoms in total. The number of carbonyl (C=O) groups excluding carboxylic acids is 1. The van der Waals surface area contributed by atoms with Crippen LogP contribution in [-0.2, 0) is 11.2 Å². The summed E-state index contributed by atoms with van der Waals surface area (Å²) < 4.78 is 0. The minimum atomic E-state index is -0.757. The number of rotatable bonds is 3. The second-order valence-electron chi connectivity index (χ2n) is 5.87. The fourth-order valence-corrected chi connectivity index (χ4v) is 3.18. The van der Waals surface area contributed by atoms with Crippen molar-refractivity contribution in [1.82, 2.24) is 5.32 Å². The van der Waals surface area contributed by atoms with Gasteiger partial charge in [0, 0.05) is 11.6 Å². The highest BCUT2D eigenvalue weighted by Crippen LogP contribution is 2.26. The van der Waals surface area contributed by atoms with E-state index in [0.29, 0.717) is 18.4 Å². The van der Waals surface area contributed by atoms with Crippen LogP contribution in [0.4, 0.5) is 0 Å². The average molecular weight is 285 g/mol. The van der Waals surface area contributed by atoms with Crippen molar-refractivity contribution in [3.05, 3.63) is 41.0 Å². The first-order valence-corrected chi connectivity index (χ1v) is 7.46. The molecule has 0 aromatic heterocycles. The van der Waals surface area contributed by atoms with Crippen LogP contribution in [0.25, 0.3) is 6.08 Å². The Morgan fingerprint density at radius 3 is 2.86 bits per heavy atom. The number of carboxylic acid groups (broad SMARTS) is 1. The Labute approximate surface area is 123 Å². The van der Waals surface area contributed by atoms with E-state index in [2.05, 4.69) is 17.5 Å². The molecule has 2 N–H and O–H groups in total. The van der Waals surface area contributed by atoms with Crippen LogP contribution in [0.2, 0.25) is 0 Å². The second kappa shape index (κ2) is 5.72. The summed E-state index contributed by atoms with van der Waals surface area (Å²) in [6, 6.07) is 5.76. The molecule has 0 bridgehead atoms. The van der Waals surface area contributed by atoms with Gasteiger partial charge in [0.15, 0.2) is 0 Å². The number of aliphatic carboxylic acids is 1. The summed E-state index contributed by atoms with van der Waals surface area (Å²) in [5.41, 5.74) is 3.06. The third-order valence-electron chi connectivity index (χ3n) is 4.40. The molecule has 1 aromatic carbocycles. The van der Waals surface area contributed by atoms with E-state index in [-0.39, 0.29) is 17.9 Å². The Bertz CT molecular complexity index is 606. The number of allylic oxidation sites excluding steroid dienone is 1. The number of aryl methyl sites for hydroxylation is 1. The molecule has 21 heavy (non-hydrogen) atoms. The fraction of sp³-hybridized carbons (Fsp3) is 0.412. The van der Waals surface area contributed by atoms with Gasteiger partial charge in [-0.2, -0.15) is 0 Å². The quantitative estimate of drug-likeness (QED) is 0.897. The van der Waals surface area contributed by atoms with Gasteiger partial charge in [-0.05, 0) is 55.4 Å². The van der Waals surface area contributed by atoms with E-state index in [4.69, 9.17) is 5.11 Å². The van der Waals surface area contributed by atoms with E-state index >= 15 is 0 Å². The second-order valence-corrected chi connectivity index (χ2v) is 5.87. The van der Waals surface area contributed by atoms with Crippen LogP contribution in [0.15, 0.2) is 24.3 Å². The van der Waals surface area contributed by atoms with E-state index in [1.54, 1.807) is 0 Å². The Morgan fingerprint density at radius 2 is 2.10 bits per heavy atom. The molecular weight excluding hydrogens is 266 g/mol.